The van der Waals surface area contributed by atoms with Crippen LogP contribution in [0.1, 0.15) is 156 Å². The smallest absolute Gasteiger partial charge is 0.390 e. The molecule has 1 aromatic heterocycles. The van der Waals surface area contributed by atoms with Crippen molar-refractivity contribution in [3.8, 4) is 0 Å². The lowest BCUT2D eigenvalue weighted by atomic mass is 9.89. The molecule has 1 saturated heterocycles. The van der Waals surface area contributed by atoms with Gasteiger partial charge in [-0.25, -0.2) is 4.57 Å². The number of aromatic nitrogens is 2. The number of nitro groups is 1. The van der Waals surface area contributed by atoms with Crippen LogP contribution in [0.3, 0.4) is 0 Å². The Morgan fingerprint density at radius 1 is 0.865 bits per heavy atom. The number of halogens is 2. The zero-order valence-corrected chi connectivity index (χ0v) is 33.1. The molecule has 1 aromatic rings. The van der Waals surface area contributed by atoms with E-state index in [1.807, 2.05) is 0 Å². The van der Waals surface area contributed by atoms with Crippen LogP contribution in [0.5, 0.6) is 0 Å². The average molecular weight is 765 g/mol. The fourth-order valence-electron chi connectivity index (χ4n) is 6.38. The van der Waals surface area contributed by atoms with Crippen LogP contribution in [0, 0.1) is 15.5 Å². The molecule has 0 atom stereocenters. The number of ether oxygens (including phenoxy) is 2. The molecule has 2 heterocycles. The maximum absolute atomic E-state index is 15.7. The van der Waals surface area contributed by atoms with Crippen molar-refractivity contribution in [2.75, 3.05) is 32.9 Å². The van der Waals surface area contributed by atoms with Crippen molar-refractivity contribution in [1.29, 1.82) is 0 Å². The number of unbranched alkanes of at least 4 members (excludes halogenated alkanes) is 18. The lowest BCUT2D eigenvalue weighted by molar-refractivity contribution is -0.397. The normalized spacial score (nSPS) is 15.9. The van der Waals surface area contributed by atoms with Gasteiger partial charge in [0.15, 0.2) is 5.79 Å². The maximum Gasteiger partial charge on any atom is 0.447 e. The summed E-state index contributed by atoms with van der Waals surface area (Å²) in [7, 11) is -5.77. The summed E-state index contributed by atoms with van der Waals surface area (Å²) in [6, 6.07) is 0. The zero-order chi connectivity index (χ0) is 38.5. The van der Waals surface area contributed by atoms with Gasteiger partial charge in [-0.15, -0.1) is 0 Å². The molecular weight excluding hydrogens is 698 g/mol. The van der Waals surface area contributed by atoms with Gasteiger partial charge in [-0.3, -0.25) is 8.98 Å². The summed E-state index contributed by atoms with van der Waals surface area (Å²) in [4.78, 5) is 28.8. The van der Waals surface area contributed by atoms with E-state index in [9.17, 15) is 23.3 Å². The number of hydrogen-bond acceptors (Lipinski definition) is 9. The standard InChI is InChI=1S/C37H66F2N4O8S/c1-5-7-9-11-13-15-17-19-21-23-26-41(27-24-22-20-18-16-14-12-10-8-6-2)33(44)37(38,39)52(47,48)51-32-36(30-49-35(3,4)50-31-36)29-42-28-25-40-34(42)43(45)46/h25,28H,5-24,26-27,29-32H2,1-4H3. The molecular formula is C37H66F2N4O8S. The number of carbonyl (C=O) groups excluding carboxylic acids is 1. The summed E-state index contributed by atoms with van der Waals surface area (Å²) in [5.41, 5.74) is -1.42. The predicted octanol–water partition coefficient (Wildman–Crippen LogP) is 9.17. The summed E-state index contributed by atoms with van der Waals surface area (Å²) >= 11 is 0. The van der Waals surface area contributed by atoms with E-state index in [1.165, 1.54) is 76.6 Å². The number of rotatable bonds is 30. The first kappa shape index (κ1) is 45.9. The molecule has 1 aliphatic heterocycles. The van der Waals surface area contributed by atoms with Crippen molar-refractivity contribution in [2.24, 2.45) is 5.41 Å². The number of amides is 1. The van der Waals surface area contributed by atoms with Crippen molar-refractivity contribution >= 4 is 22.0 Å². The predicted molar refractivity (Wildman–Crippen MR) is 197 cm³/mol. The molecule has 0 bridgehead atoms. The Balaban J connectivity index is 2.06. The Kier molecular flexibility index (Phi) is 20.8. The number of nitrogens with zero attached hydrogens (tertiary/aromatic N) is 4. The Bertz CT molecular complexity index is 1240. The van der Waals surface area contributed by atoms with Crippen molar-refractivity contribution in [2.45, 2.75) is 174 Å². The Morgan fingerprint density at radius 3 is 1.71 bits per heavy atom. The van der Waals surface area contributed by atoms with Gasteiger partial charge in [0.25, 0.3) is 0 Å². The largest absolute Gasteiger partial charge is 0.447 e. The highest BCUT2D eigenvalue weighted by Gasteiger charge is 2.57. The molecule has 52 heavy (non-hydrogen) atoms. The van der Waals surface area contributed by atoms with E-state index in [0.29, 0.717) is 12.8 Å². The van der Waals surface area contributed by atoms with Crippen LogP contribution in [0.2, 0.25) is 0 Å². The number of imidazole rings is 1. The minimum Gasteiger partial charge on any atom is -0.390 e. The molecule has 12 nitrogen and oxygen atoms in total. The molecule has 302 valence electrons. The second kappa shape index (κ2) is 23.5. The average Bonchev–Trinajstić information content (AvgIpc) is 3.57. The third kappa shape index (κ3) is 16.0. The number of hydrogen-bond donors (Lipinski definition) is 0. The quantitative estimate of drug-likeness (QED) is 0.0324. The van der Waals surface area contributed by atoms with Gasteiger partial charge >= 0.3 is 27.2 Å². The fourth-order valence-corrected chi connectivity index (χ4v) is 7.27. The Morgan fingerprint density at radius 2 is 1.29 bits per heavy atom. The first-order valence-electron chi connectivity index (χ1n) is 19.7. The molecule has 0 spiro atoms. The van der Waals surface area contributed by atoms with E-state index in [0.717, 1.165) is 60.8 Å². The van der Waals surface area contributed by atoms with Crippen molar-refractivity contribution in [3.05, 3.63) is 22.5 Å². The number of alkyl halides is 2. The summed E-state index contributed by atoms with van der Waals surface area (Å²) in [6.07, 6.45) is 23.3. The van der Waals surface area contributed by atoms with E-state index in [-0.39, 0.29) is 32.8 Å². The van der Waals surface area contributed by atoms with Gasteiger partial charge in [0.2, 0.25) is 0 Å². The molecule has 1 aliphatic rings. The fraction of sp³-hybridized carbons (Fsp3) is 0.892. The van der Waals surface area contributed by atoms with E-state index in [4.69, 9.17) is 13.7 Å². The SMILES string of the molecule is CCCCCCCCCCCCN(CCCCCCCCCCCC)C(=O)C(F)(F)S(=O)(=O)OCC1(Cn2ccnc2[N+](=O)[O-])COC(C)(C)OC1. The van der Waals surface area contributed by atoms with E-state index >= 15 is 8.78 Å². The summed E-state index contributed by atoms with van der Waals surface area (Å²) < 4.78 is 75.3. The van der Waals surface area contributed by atoms with Crippen LogP contribution < -0.4 is 0 Å². The highest BCUT2D eigenvalue weighted by molar-refractivity contribution is 7.88. The van der Waals surface area contributed by atoms with E-state index in [1.54, 1.807) is 13.8 Å². The van der Waals surface area contributed by atoms with Crippen molar-refractivity contribution < 1.29 is 40.6 Å². The molecule has 0 aliphatic carbocycles. The second-order valence-corrected chi connectivity index (χ2v) is 16.6. The topological polar surface area (TPSA) is 143 Å². The van der Waals surface area contributed by atoms with Gasteiger partial charge in [0.05, 0.1) is 31.8 Å². The van der Waals surface area contributed by atoms with Gasteiger partial charge < -0.3 is 24.5 Å². The summed E-state index contributed by atoms with van der Waals surface area (Å²) in [6.45, 7) is 6.12. The lowest BCUT2D eigenvalue weighted by Gasteiger charge is -2.42. The molecule has 1 amide bonds. The molecule has 0 saturated carbocycles. The van der Waals surface area contributed by atoms with E-state index in [2.05, 4.69) is 18.8 Å². The zero-order valence-electron chi connectivity index (χ0n) is 32.3. The van der Waals surface area contributed by atoms with Gasteiger partial charge in [-0.2, -0.15) is 17.2 Å². The monoisotopic (exact) mass is 764 g/mol. The maximum atomic E-state index is 15.7. The molecule has 0 aromatic carbocycles. The molecule has 15 heteroatoms. The first-order valence-corrected chi connectivity index (χ1v) is 21.1. The van der Waals surface area contributed by atoms with Crippen LogP contribution in [0.25, 0.3) is 0 Å². The van der Waals surface area contributed by atoms with Crippen LogP contribution in [-0.4, -0.2) is 77.7 Å². The first-order chi connectivity index (χ1) is 24.7. The molecule has 1 fully saturated rings. The highest BCUT2D eigenvalue weighted by Crippen LogP contribution is 2.35. The van der Waals surface area contributed by atoms with Crippen LogP contribution in [0.15, 0.2) is 12.4 Å². The molecule has 0 N–H and O–H groups in total. The van der Waals surface area contributed by atoms with Gasteiger partial charge in [0.1, 0.15) is 12.4 Å². The Hall–Kier alpha value is -2.23. The number of carbonyl (C=O) groups is 1. The van der Waals surface area contributed by atoms with Crippen molar-refractivity contribution in [3.63, 3.8) is 0 Å². The lowest BCUT2D eigenvalue weighted by Crippen LogP contribution is -2.53. The van der Waals surface area contributed by atoms with E-state index < -0.39 is 50.0 Å². The minimum absolute atomic E-state index is 0.0306. The highest BCUT2D eigenvalue weighted by atomic mass is 32.2. The third-order valence-corrected chi connectivity index (χ3v) is 11.0. The molecule has 0 unspecified atom stereocenters. The molecule has 0 radical (unpaired) electrons. The van der Waals surface area contributed by atoms with Crippen LogP contribution in [0.4, 0.5) is 14.7 Å². The summed E-state index contributed by atoms with van der Waals surface area (Å²) in [5.74, 6) is -3.38. The minimum atomic E-state index is -5.77. The summed E-state index contributed by atoms with van der Waals surface area (Å²) in [5, 5.41) is 6.63. The van der Waals surface area contributed by atoms with Gasteiger partial charge in [-0.1, -0.05) is 134 Å². The van der Waals surface area contributed by atoms with Crippen LogP contribution >= 0.6 is 0 Å². The van der Waals surface area contributed by atoms with Crippen molar-refractivity contribution in [1.82, 2.24) is 14.5 Å². The van der Waals surface area contributed by atoms with Gasteiger partial charge in [-0.05, 0) is 31.6 Å². The third-order valence-electron chi connectivity index (χ3n) is 9.75. The van der Waals surface area contributed by atoms with Gasteiger partial charge in [0, 0.05) is 13.1 Å². The second-order valence-electron chi connectivity index (χ2n) is 15.0. The Labute approximate surface area is 311 Å². The molecule has 2 rings (SSSR count). The van der Waals surface area contributed by atoms with Crippen LogP contribution in [-0.2, 0) is 35.1 Å².